The van der Waals surface area contributed by atoms with Crippen molar-refractivity contribution in [1.29, 1.82) is 0 Å². The molecule has 1 aromatic rings. The molecule has 3 heterocycles. The van der Waals surface area contributed by atoms with Gasteiger partial charge in [-0.05, 0) is 50.8 Å². The lowest BCUT2D eigenvalue weighted by molar-refractivity contribution is -0.172. The summed E-state index contributed by atoms with van der Waals surface area (Å²) in [5, 5.41) is 0. The second-order valence-corrected chi connectivity index (χ2v) is 11.0. The average molecular weight is 467 g/mol. The molecule has 1 aromatic heterocycles. The van der Waals surface area contributed by atoms with Crippen LogP contribution in [0.1, 0.15) is 50.9 Å². The number of methoxy groups -OCH3 is 1. The first-order valence-electron chi connectivity index (χ1n) is 12.0. The van der Waals surface area contributed by atoms with E-state index >= 15 is 0 Å². The minimum absolute atomic E-state index is 0.0544. The van der Waals surface area contributed by atoms with Crippen molar-refractivity contribution in [2.75, 3.05) is 7.11 Å². The highest BCUT2D eigenvalue weighted by molar-refractivity contribution is 5.98. The highest BCUT2D eigenvalue weighted by atomic mass is 16.6. The van der Waals surface area contributed by atoms with Crippen LogP contribution in [0, 0.1) is 35.5 Å². The summed E-state index contributed by atoms with van der Waals surface area (Å²) < 4.78 is 23.4. The van der Waals surface area contributed by atoms with Crippen molar-refractivity contribution in [1.82, 2.24) is 0 Å². The van der Waals surface area contributed by atoms with Crippen LogP contribution in [0.25, 0.3) is 0 Å². The summed E-state index contributed by atoms with van der Waals surface area (Å²) in [4.78, 5) is 39.1. The van der Waals surface area contributed by atoms with Crippen molar-refractivity contribution < 1.29 is 33.0 Å². The molecule has 0 spiro atoms. The Bertz CT molecular complexity index is 1170. The van der Waals surface area contributed by atoms with Crippen LogP contribution in [0.5, 0.6) is 0 Å². The van der Waals surface area contributed by atoms with Crippen LogP contribution in [0.4, 0.5) is 0 Å². The van der Waals surface area contributed by atoms with Crippen molar-refractivity contribution in [2.24, 2.45) is 28.6 Å². The van der Waals surface area contributed by atoms with E-state index in [1.807, 2.05) is 19.9 Å². The summed E-state index contributed by atoms with van der Waals surface area (Å²) in [6, 6.07) is 2.01. The number of allylic oxidation sites excluding steroid dienone is 2. The lowest BCUT2D eigenvalue weighted by Gasteiger charge is -2.53. The molecule has 0 radical (unpaired) electrons. The fourth-order valence-corrected chi connectivity index (χ4v) is 8.04. The lowest BCUT2D eigenvalue weighted by atomic mass is 9.48. The number of ketones is 1. The molecule has 3 aliphatic carbocycles. The lowest BCUT2D eigenvalue weighted by Crippen LogP contribution is -2.61. The molecule has 9 atom stereocenters. The van der Waals surface area contributed by atoms with E-state index in [1.165, 1.54) is 18.8 Å². The Morgan fingerprint density at radius 1 is 1.24 bits per heavy atom. The minimum Gasteiger partial charge on any atom is -0.469 e. The molecule has 2 saturated heterocycles. The molecule has 5 aliphatic rings. The van der Waals surface area contributed by atoms with Crippen molar-refractivity contribution in [3.63, 3.8) is 0 Å². The predicted molar refractivity (Wildman–Crippen MR) is 120 cm³/mol. The van der Waals surface area contributed by atoms with Crippen molar-refractivity contribution in [3.8, 4) is 0 Å². The number of hydrogen-bond acceptors (Lipinski definition) is 7. The number of ether oxygens (including phenoxy) is 3. The predicted octanol–water partition coefficient (Wildman–Crippen LogP) is 3.66. The molecule has 0 bridgehead atoms. The fraction of sp³-hybridized carbons (Fsp3) is 0.593. The smallest absolute Gasteiger partial charge is 0.316 e. The number of esters is 2. The molecule has 7 nitrogen and oxygen atoms in total. The average Bonchev–Trinajstić information content (AvgIpc) is 3.51. The Labute approximate surface area is 198 Å². The molecule has 34 heavy (non-hydrogen) atoms. The third kappa shape index (κ3) is 2.48. The molecule has 7 heteroatoms. The van der Waals surface area contributed by atoms with Gasteiger partial charge in [-0.2, -0.15) is 0 Å². The largest absolute Gasteiger partial charge is 0.469 e. The normalized spacial score (nSPS) is 44.1. The first-order chi connectivity index (χ1) is 16.1. The maximum Gasteiger partial charge on any atom is 0.316 e. The van der Waals surface area contributed by atoms with Gasteiger partial charge in [0, 0.05) is 35.2 Å². The Balaban J connectivity index is 1.53. The highest BCUT2D eigenvalue weighted by Gasteiger charge is 2.74. The molecule has 0 N–H and O–H groups in total. The second kappa shape index (κ2) is 6.94. The second-order valence-electron chi connectivity index (χ2n) is 11.0. The van der Waals surface area contributed by atoms with Crippen LogP contribution in [0.2, 0.25) is 0 Å². The molecule has 0 amide bonds. The molecule has 1 saturated carbocycles. The van der Waals surface area contributed by atoms with Gasteiger partial charge in [0.1, 0.15) is 18.0 Å². The number of furan rings is 1. The zero-order valence-electron chi connectivity index (χ0n) is 20.1. The van der Waals surface area contributed by atoms with Gasteiger partial charge in [0.25, 0.3) is 0 Å². The van der Waals surface area contributed by atoms with Gasteiger partial charge in [0.2, 0.25) is 0 Å². The third-order valence-electron chi connectivity index (χ3n) is 9.63. The quantitative estimate of drug-likeness (QED) is 0.496. The van der Waals surface area contributed by atoms with Gasteiger partial charge < -0.3 is 18.6 Å². The molecule has 0 aromatic carbocycles. The summed E-state index contributed by atoms with van der Waals surface area (Å²) >= 11 is 0. The number of carbonyl (C=O) groups is 3. The Kier molecular flexibility index (Phi) is 4.45. The first-order valence-corrected chi connectivity index (χ1v) is 12.0. The van der Waals surface area contributed by atoms with E-state index in [0.29, 0.717) is 0 Å². The number of aryl methyl sites for hydroxylation is 1. The Morgan fingerprint density at radius 3 is 2.68 bits per heavy atom. The summed E-state index contributed by atoms with van der Waals surface area (Å²) in [6.07, 6.45) is 4.64. The topological polar surface area (TPSA) is 92.0 Å². The van der Waals surface area contributed by atoms with E-state index < -0.39 is 29.0 Å². The number of carbonyl (C=O) groups excluding carboxylic acids is 3. The van der Waals surface area contributed by atoms with Crippen LogP contribution >= 0.6 is 0 Å². The van der Waals surface area contributed by atoms with Crippen LogP contribution < -0.4 is 0 Å². The van der Waals surface area contributed by atoms with Crippen LogP contribution in [-0.2, 0) is 28.6 Å². The monoisotopic (exact) mass is 466 g/mol. The van der Waals surface area contributed by atoms with Crippen molar-refractivity contribution >= 4 is 17.7 Å². The zero-order chi connectivity index (χ0) is 24.2. The summed E-state index contributed by atoms with van der Waals surface area (Å²) in [5.41, 5.74) is 1.92. The summed E-state index contributed by atoms with van der Waals surface area (Å²) in [7, 11) is 1.37. The zero-order valence-corrected chi connectivity index (χ0v) is 20.1. The van der Waals surface area contributed by atoms with Gasteiger partial charge in [-0.1, -0.05) is 18.6 Å². The Hall–Kier alpha value is -2.67. The molecule has 180 valence electrons. The van der Waals surface area contributed by atoms with Gasteiger partial charge in [0.15, 0.2) is 5.78 Å². The summed E-state index contributed by atoms with van der Waals surface area (Å²) in [5.74, 6) is -0.963. The maximum absolute atomic E-state index is 13.4. The Morgan fingerprint density at radius 2 is 2.00 bits per heavy atom. The van der Waals surface area contributed by atoms with Crippen molar-refractivity contribution in [2.45, 2.75) is 64.8 Å². The summed E-state index contributed by atoms with van der Waals surface area (Å²) in [6.45, 7) is 8.02. The maximum atomic E-state index is 13.4. The van der Waals surface area contributed by atoms with E-state index in [0.717, 1.165) is 23.3 Å². The molecule has 2 aliphatic heterocycles. The molecule has 6 rings (SSSR count). The first kappa shape index (κ1) is 21.8. The van der Waals surface area contributed by atoms with Crippen LogP contribution in [-0.4, -0.2) is 43.1 Å². The number of rotatable bonds is 3. The SMILES string of the molecule is COC(=O)C[C@@H]1C2C(=O)C=C[C@@]3(C)C(=O)O[C@@H]([C@H]4O[C@@H]5C[C@@H](c6ccoc6C)C(C)=C5[C@@]14C)[C@H]23. The van der Waals surface area contributed by atoms with Gasteiger partial charge in [-0.15, -0.1) is 0 Å². The van der Waals surface area contributed by atoms with Crippen LogP contribution in [0.15, 0.2) is 40.0 Å². The standard InChI is InChI=1S/C27H30O7/c1-12-15(14-7-9-32-13(14)2)10-18-21(12)27(4)16(11-19(29)31-5)20-17(28)6-8-26(3)22(20)23(24(27)33-18)34-25(26)30/h6-9,15-16,18,20,22-24H,10-11H2,1-5H3/t15-,16-,18-,20?,22+,23-,24-,26-,27-/m1/s1. The van der Waals surface area contributed by atoms with E-state index in [4.69, 9.17) is 18.6 Å². The van der Waals surface area contributed by atoms with Crippen LogP contribution in [0.3, 0.4) is 0 Å². The van der Waals surface area contributed by atoms with E-state index in [2.05, 4.69) is 13.8 Å². The molecule has 3 fully saturated rings. The van der Waals surface area contributed by atoms with Gasteiger partial charge in [-0.3, -0.25) is 14.4 Å². The minimum atomic E-state index is -0.903. The van der Waals surface area contributed by atoms with Gasteiger partial charge in [0.05, 0.1) is 24.9 Å². The molecular formula is C27H30O7. The third-order valence-corrected chi connectivity index (χ3v) is 9.63. The van der Waals surface area contributed by atoms with Gasteiger partial charge >= 0.3 is 11.9 Å². The van der Waals surface area contributed by atoms with E-state index in [1.54, 1.807) is 12.3 Å². The van der Waals surface area contributed by atoms with E-state index in [9.17, 15) is 14.4 Å². The van der Waals surface area contributed by atoms with E-state index in [-0.39, 0.29) is 48.0 Å². The number of hydrogen-bond donors (Lipinski definition) is 0. The highest BCUT2D eigenvalue weighted by Crippen LogP contribution is 2.68. The molecular weight excluding hydrogens is 436 g/mol. The number of fused-ring (bicyclic) bond motifs is 4. The fourth-order valence-electron chi connectivity index (χ4n) is 8.04. The van der Waals surface area contributed by atoms with Gasteiger partial charge in [-0.25, -0.2) is 0 Å². The van der Waals surface area contributed by atoms with Crippen molar-refractivity contribution in [3.05, 3.63) is 47.0 Å². The molecule has 1 unspecified atom stereocenters.